The van der Waals surface area contributed by atoms with Crippen molar-refractivity contribution in [2.45, 2.75) is 20.8 Å². The highest BCUT2D eigenvalue weighted by atomic mass is 35.5. The zero-order chi connectivity index (χ0) is 11.4. The smallest absolute Gasteiger partial charge is 0.224 e. The molecule has 0 aliphatic heterocycles. The number of hydrogen-bond acceptors (Lipinski definition) is 4. The van der Waals surface area contributed by atoms with Crippen molar-refractivity contribution in [3.8, 4) is 0 Å². The molecule has 5 heteroatoms. The Balaban J connectivity index is 2.61. The molecular formula is C10H17ClN4. The van der Waals surface area contributed by atoms with Crippen LogP contribution in [-0.4, -0.2) is 16.5 Å². The molecule has 0 spiro atoms. The molecule has 1 unspecified atom stereocenters. The van der Waals surface area contributed by atoms with E-state index in [1.165, 1.54) is 6.20 Å². The summed E-state index contributed by atoms with van der Waals surface area (Å²) in [4.78, 5) is 7.81. The average molecular weight is 229 g/mol. The lowest BCUT2D eigenvalue weighted by Gasteiger charge is -2.17. The van der Waals surface area contributed by atoms with E-state index in [2.05, 4.69) is 36.1 Å². The molecule has 0 aliphatic carbocycles. The second-order valence-electron chi connectivity index (χ2n) is 4.05. The molecule has 0 fully saturated rings. The summed E-state index contributed by atoms with van der Waals surface area (Å²) in [7, 11) is 0. The molecule has 0 saturated heterocycles. The quantitative estimate of drug-likeness (QED) is 0.777. The van der Waals surface area contributed by atoms with Crippen molar-refractivity contribution in [2.75, 3.05) is 17.6 Å². The number of nitrogens with zero attached hydrogens (tertiary/aromatic N) is 2. The summed E-state index contributed by atoms with van der Waals surface area (Å²) in [6.45, 7) is 7.37. The lowest BCUT2D eigenvalue weighted by Crippen LogP contribution is -2.17. The first kappa shape index (κ1) is 12.0. The summed E-state index contributed by atoms with van der Waals surface area (Å²) >= 11 is 5.68. The maximum absolute atomic E-state index is 5.71. The molecule has 0 aliphatic rings. The summed E-state index contributed by atoms with van der Waals surface area (Å²) < 4.78 is 0. The largest absolute Gasteiger partial charge is 0.394 e. The zero-order valence-electron chi connectivity index (χ0n) is 9.29. The van der Waals surface area contributed by atoms with Gasteiger partial charge in [-0.25, -0.2) is 4.98 Å². The van der Waals surface area contributed by atoms with Gasteiger partial charge >= 0.3 is 0 Å². The highest BCUT2D eigenvalue weighted by Gasteiger charge is 2.08. The van der Waals surface area contributed by atoms with E-state index in [9.17, 15) is 0 Å². The standard InChI is InChI=1S/C10H17ClN4/c1-6(2)7(3)4-13-9-8(12)5-14-10(11)15-9/h5-7H,4,12H2,1-3H3,(H,13,14,15). The summed E-state index contributed by atoms with van der Waals surface area (Å²) in [5, 5.41) is 3.39. The van der Waals surface area contributed by atoms with Gasteiger partial charge in [-0.1, -0.05) is 20.8 Å². The van der Waals surface area contributed by atoms with E-state index in [-0.39, 0.29) is 5.28 Å². The highest BCUT2D eigenvalue weighted by Crippen LogP contribution is 2.17. The Hall–Kier alpha value is -1.03. The van der Waals surface area contributed by atoms with Crippen LogP contribution in [0.25, 0.3) is 0 Å². The monoisotopic (exact) mass is 228 g/mol. The van der Waals surface area contributed by atoms with Crippen molar-refractivity contribution in [1.29, 1.82) is 0 Å². The Morgan fingerprint density at radius 2 is 2.13 bits per heavy atom. The summed E-state index contributed by atoms with van der Waals surface area (Å²) in [5.41, 5.74) is 6.23. The number of hydrogen-bond donors (Lipinski definition) is 2. The van der Waals surface area contributed by atoms with Crippen LogP contribution in [0.5, 0.6) is 0 Å². The number of nitrogen functional groups attached to an aromatic ring is 1. The maximum Gasteiger partial charge on any atom is 0.224 e. The van der Waals surface area contributed by atoms with Gasteiger partial charge in [-0.2, -0.15) is 4.98 Å². The van der Waals surface area contributed by atoms with Crippen molar-refractivity contribution in [3.05, 3.63) is 11.5 Å². The number of nitrogens with one attached hydrogen (secondary N) is 1. The molecule has 1 aromatic rings. The molecule has 15 heavy (non-hydrogen) atoms. The first-order chi connectivity index (χ1) is 7.00. The van der Waals surface area contributed by atoms with E-state index in [1.54, 1.807) is 0 Å². The fourth-order valence-electron chi connectivity index (χ4n) is 1.00. The van der Waals surface area contributed by atoms with Crippen LogP contribution in [0.15, 0.2) is 6.20 Å². The predicted octanol–water partition coefficient (Wildman–Crippen LogP) is 2.42. The summed E-state index contributed by atoms with van der Waals surface area (Å²) in [5.74, 6) is 1.79. The number of halogens is 1. The SMILES string of the molecule is CC(C)C(C)CNc1nc(Cl)ncc1N. The third-order valence-corrected chi connectivity index (χ3v) is 2.70. The van der Waals surface area contributed by atoms with Gasteiger partial charge in [0.2, 0.25) is 5.28 Å². The van der Waals surface area contributed by atoms with Crippen molar-refractivity contribution in [2.24, 2.45) is 11.8 Å². The molecule has 1 rings (SSSR count). The molecule has 1 heterocycles. The van der Waals surface area contributed by atoms with E-state index < -0.39 is 0 Å². The van der Waals surface area contributed by atoms with Gasteiger partial charge in [0.1, 0.15) is 0 Å². The molecule has 0 aromatic carbocycles. The van der Waals surface area contributed by atoms with Gasteiger partial charge in [-0.15, -0.1) is 0 Å². The number of nitrogens with two attached hydrogens (primary N) is 1. The van der Waals surface area contributed by atoms with Crippen LogP contribution in [-0.2, 0) is 0 Å². The topological polar surface area (TPSA) is 63.8 Å². The molecule has 0 radical (unpaired) electrons. The lowest BCUT2D eigenvalue weighted by atomic mass is 9.98. The van der Waals surface area contributed by atoms with Gasteiger partial charge in [-0.05, 0) is 23.4 Å². The van der Waals surface area contributed by atoms with Gasteiger partial charge in [0.25, 0.3) is 0 Å². The third kappa shape index (κ3) is 3.55. The van der Waals surface area contributed by atoms with Gasteiger partial charge in [0, 0.05) is 6.54 Å². The molecule has 84 valence electrons. The van der Waals surface area contributed by atoms with Crippen molar-refractivity contribution in [1.82, 2.24) is 9.97 Å². The Labute approximate surface area is 95.3 Å². The second kappa shape index (κ2) is 5.16. The lowest BCUT2D eigenvalue weighted by molar-refractivity contribution is 0.439. The van der Waals surface area contributed by atoms with Crippen LogP contribution in [0.4, 0.5) is 11.5 Å². The van der Waals surface area contributed by atoms with E-state index in [4.69, 9.17) is 17.3 Å². The van der Waals surface area contributed by atoms with E-state index in [1.807, 2.05) is 0 Å². The molecule has 0 saturated carbocycles. The summed E-state index contributed by atoms with van der Waals surface area (Å²) in [6, 6.07) is 0. The molecule has 0 amide bonds. The van der Waals surface area contributed by atoms with E-state index >= 15 is 0 Å². The van der Waals surface area contributed by atoms with Crippen LogP contribution >= 0.6 is 11.6 Å². The number of aromatic nitrogens is 2. The first-order valence-corrected chi connectivity index (χ1v) is 5.40. The Bertz CT molecular complexity index is 327. The Morgan fingerprint density at radius 1 is 1.47 bits per heavy atom. The fraction of sp³-hybridized carbons (Fsp3) is 0.600. The fourth-order valence-corrected chi connectivity index (χ4v) is 1.14. The van der Waals surface area contributed by atoms with Crippen molar-refractivity contribution < 1.29 is 0 Å². The van der Waals surface area contributed by atoms with Crippen LogP contribution in [0.3, 0.4) is 0 Å². The highest BCUT2D eigenvalue weighted by molar-refractivity contribution is 6.28. The van der Waals surface area contributed by atoms with Crippen LogP contribution in [0.1, 0.15) is 20.8 Å². The zero-order valence-corrected chi connectivity index (χ0v) is 10.0. The number of anilines is 2. The first-order valence-electron chi connectivity index (χ1n) is 5.02. The predicted molar refractivity (Wildman–Crippen MR) is 63.9 cm³/mol. The molecular weight excluding hydrogens is 212 g/mol. The van der Waals surface area contributed by atoms with Crippen LogP contribution in [0.2, 0.25) is 5.28 Å². The van der Waals surface area contributed by atoms with Crippen LogP contribution in [0, 0.1) is 11.8 Å². The van der Waals surface area contributed by atoms with Crippen molar-refractivity contribution >= 4 is 23.1 Å². The molecule has 0 bridgehead atoms. The minimum atomic E-state index is 0.212. The van der Waals surface area contributed by atoms with Gasteiger partial charge < -0.3 is 11.1 Å². The summed E-state index contributed by atoms with van der Waals surface area (Å²) in [6.07, 6.45) is 1.51. The van der Waals surface area contributed by atoms with Gasteiger partial charge in [-0.3, -0.25) is 0 Å². The third-order valence-electron chi connectivity index (χ3n) is 2.52. The van der Waals surface area contributed by atoms with Gasteiger partial charge in [0.05, 0.1) is 11.9 Å². The van der Waals surface area contributed by atoms with Gasteiger partial charge in [0.15, 0.2) is 5.82 Å². The Kier molecular flexibility index (Phi) is 4.15. The molecule has 3 N–H and O–H groups in total. The van der Waals surface area contributed by atoms with Crippen molar-refractivity contribution in [3.63, 3.8) is 0 Å². The Morgan fingerprint density at radius 3 is 2.73 bits per heavy atom. The normalized spacial score (nSPS) is 12.9. The van der Waals surface area contributed by atoms with E-state index in [0.29, 0.717) is 23.3 Å². The molecule has 1 atom stereocenters. The second-order valence-corrected chi connectivity index (χ2v) is 4.38. The molecule has 4 nitrogen and oxygen atoms in total. The average Bonchev–Trinajstić information content (AvgIpc) is 2.18. The molecule has 1 aromatic heterocycles. The number of rotatable bonds is 4. The minimum Gasteiger partial charge on any atom is -0.394 e. The minimum absolute atomic E-state index is 0.212. The van der Waals surface area contributed by atoms with E-state index in [0.717, 1.165) is 6.54 Å². The van der Waals surface area contributed by atoms with Crippen LogP contribution < -0.4 is 11.1 Å². The maximum atomic E-state index is 5.71.